The van der Waals surface area contributed by atoms with Crippen LogP contribution in [0.2, 0.25) is 0 Å². The van der Waals surface area contributed by atoms with Crippen LogP contribution in [-0.2, 0) is 16.1 Å². The Balaban J connectivity index is 2.88. The van der Waals surface area contributed by atoms with Crippen molar-refractivity contribution in [2.45, 2.75) is 13.5 Å². The molecule has 0 aliphatic rings. The van der Waals surface area contributed by atoms with Crippen LogP contribution in [0.1, 0.15) is 6.92 Å². The number of carbonyl (C=O) groups excluding carboxylic acids is 1. The fourth-order valence-corrected chi connectivity index (χ4v) is 0.778. The van der Waals surface area contributed by atoms with Crippen LogP contribution in [-0.4, -0.2) is 32.9 Å². The van der Waals surface area contributed by atoms with Crippen LogP contribution < -0.4 is 5.69 Å². The third-order valence-corrected chi connectivity index (χ3v) is 1.51. The average molecular weight is 198 g/mol. The fourth-order valence-electron chi connectivity index (χ4n) is 0.778. The highest BCUT2D eigenvalue weighted by Gasteiger charge is 2.01. The van der Waals surface area contributed by atoms with Crippen LogP contribution in [0.5, 0.6) is 0 Å². The lowest BCUT2D eigenvalue weighted by Gasteiger charge is -1.89. The Bertz CT molecular complexity index is 403. The zero-order valence-corrected chi connectivity index (χ0v) is 7.88. The minimum atomic E-state index is -0.553. The third-order valence-electron chi connectivity index (χ3n) is 1.51. The highest BCUT2D eigenvalue weighted by Crippen LogP contribution is 1.81. The van der Waals surface area contributed by atoms with Gasteiger partial charge in [0.25, 0.3) is 0 Å². The molecule has 1 rings (SSSR count). The molecule has 0 radical (unpaired) electrons. The van der Waals surface area contributed by atoms with Crippen molar-refractivity contribution in [2.75, 3.05) is 7.11 Å². The van der Waals surface area contributed by atoms with Gasteiger partial charge in [0.15, 0.2) is 0 Å². The van der Waals surface area contributed by atoms with Crippen molar-refractivity contribution >= 4 is 12.2 Å². The molecule has 0 fully saturated rings. The summed E-state index contributed by atoms with van der Waals surface area (Å²) in [5.41, 5.74) is -0.396. The summed E-state index contributed by atoms with van der Waals surface area (Å²) in [6.07, 6.45) is 2.30. The van der Waals surface area contributed by atoms with Crippen molar-refractivity contribution in [1.29, 1.82) is 0 Å². The molecule has 76 valence electrons. The molecule has 1 aromatic rings. The molecule has 14 heavy (non-hydrogen) atoms. The van der Waals surface area contributed by atoms with E-state index in [1.807, 2.05) is 0 Å². The molecule has 0 spiro atoms. The molecular weight excluding hydrogens is 188 g/mol. The summed E-state index contributed by atoms with van der Waals surface area (Å²) in [5.74, 6) is -0.553. The van der Waals surface area contributed by atoms with E-state index in [0.717, 1.165) is 10.8 Å². The normalized spacial score (nSPS) is 10.7. The maximum absolute atomic E-state index is 11.3. The first kappa shape index (κ1) is 10.2. The Labute approximate surface area is 79.6 Å². The Morgan fingerprint density at radius 1 is 1.57 bits per heavy atom. The lowest BCUT2D eigenvalue weighted by Crippen LogP contribution is -2.22. The molecule has 0 atom stereocenters. The first-order valence-electron chi connectivity index (χ1n) is 3.97. The van der Waals surface area contributed by atoms with Gasteiger partial charge in [0, 0.05) is 18.8 Å². The second kappa shape index (κ2) is 4.35. The number of aryl methyl sites for hydroxylation is 1. The van der Waals surface area contributed by atoms with E-state index < -0.39 is 11.7 Å². The quantitative estimate of drug-likeness (QED) is 0.464. The Morgan fingerprint density at radius 2 is 2.29 bits per heavy atom. The maximum atomic E-state index is 11.3. The van der Waals surface area contributed by atoms with Gasteiger partial charge < -0.3 is 4.74 Å². The molecule has 0 N–H and O–H groups in total. The zero-order valence-electron chi connectivity index (χ0n) is 7.88. The van der Waals surface area contributed by atoms with Crippen molar-refractivity contribution in [3.8, 4) is 0 Å². The van der Waals surface area contributed by atoms with E-state index in [0.29, 0.717) is 6.54 Å². The Kier molecular flexibility index (Phi) is 3.16. The topological polar surface area (TPSA) is 79.0 Å². The van der Waals surface area contributed by atoms with Gasteiger partial charge in [0.2, 0.25) is 0 Å². The van der Waals surface area contributed by atoms with Gasteiger partial charge in [-0.2, -0.15) is 9.36 Å². The van der Waals surface area contributed by atoms with Crippen LogP contribution in [0.25, 0.3) is 6.20 Å². The average Bonchev–Trinajstić information content (AvgIpc) is 2.56. The van der Waals surface area contributed by atoms with Gasteiger partial charge in [-0.05, 0) is 17.4 Å². The summed E-state index contributed by atoms with van der Waals surface area (Å²) >= 11 is 0. The fraction of sp³-hybridized carbons (Fsp3) is 0.429. The molecule has 0 aliphatic carbocycles. The zero-order chi connectivity index (χ0) is 10.6. The SMILES string of the molecule is CCn1nnn(/C=C\C(=O)OC)c1=O. The summed E-state index contributed by atoms with van der Waals surface area (Å²) in [4.78, 5) is 22.0. The number of hydrogen-bond donors (Lipinski definition) is 0. The molecule has 1 aromatic heterocycles. The lowest BCUT2D eigenvalue weighted by molar-refractivity contribution is -0.134. The highest BCUT2D eigenvalue weighted by atomic mass is 16.5. The molecule has 0 bridgehead atoms. The Morgan fingerprint density at radius 3 is 2.79 bits per heavy atom. The molecule has 0 saturated heterocycles. The van der Waals surface area contributed by atoms with Gasteiger partial charge in [0.05, 0.1) is 7.11 Å². The summed E-state index contributed by atoms with van der Waals surface area (Å²) in [6.45, 7) is 2.20. The van der Waals surface area contributed by atoms with Crippen molar-refractivity contribution in [3.05, 3.63) is 16.6 Å². The number of ether oxygens (including phenoxy) is 1. The molecule has 0 amide bonds. The van der Waals surface area contributed by atoms with E-state index in [2.05, 4.69) is 15.2 Å². The van der Waals surface area contributed by atoms with E-state index in [1.54, 1.807) is 6.92 Å². The van der Waals surface area contributed by atoms with Gasteiger partial charge in [-0.25, -0.2) is 9.59 Å². The van der Waals surface area contributed by atoms with Gasteiger partial charge in [-0.1, -0.05) is 0 Å². The molecule has 0 unspecified atom stereocenters. The monoisotopic (exact) mass is 198 g/mol. The van der Waals surface area contributed by atoms with Crippen LogP contribution in [0.15, 0.2) is 10.9 Å². The summed E-state index contributed by atoms with van der Waals surface area (Å²) in [6, 6.07) is 0. The number of tetrazole rings is 1. The van der Waals surface area contributed by atoms with Crippen LogP contribution in [0.3, 0.4) is 0 Å². The van der Waals surface area contributed by atoms with Crippen LogP contribution in [0.4, 0.5) is 0 Å². The van der Waals surface area contributed by atoms with E-state index in [-0.39, 0.29) is 0 Å². The van der Waals surface area contributed by atoms with Gasteiger partial charge in [-0.15, -0.1) is 0 Å². The van der Waals surface area contributed by atoms with E-state index in [1.165, 1.54) is 18.0 Å². The third kappa shape index (κ3) is 2.06. The summed E-state index contributed by atoms with van der Waals surface area (Å²) < 4.78 is 6.48. The summed E-state index contributed by atoms with van der Waals surface area (Å²) in [5, 5.41) is 7.07. The largest absolute Gasteiger partial charge is 0.466 e. The maximum Gasteiger partial charge on any atom is 0.367 e. The molecule has 0 aromatic carbocycles. The second-order valence-electron chi connectivity index (χ2n) is 2.36. The predicted molar refractivity (Wildman–Crippen MR) is 47.3 cm³/mol. The van der Waals surface area contributed by atoms with Gasteiger partial charge in [-0.3, -0.25) is 0 Å². The van der Waals surface area contributed by atoms with E-state index >= 15 is 0 Å². The molecule has 7 nitrogen and oxygen atoms in total. The number of esters is 1. The first-order chi connectivity index (χ1) is 6.69. The number of carbonyl (C=O) groups is 1. The molecular formula is C7H10N4O3. The number of rotatable bonds is 3. The smallest absolute Gasteiger partial charge is 0.367 e. The second-order valence-corrected chi connectivity index (χ2v) is 2.36. The van der Waals surface area contributed by atoms with E-state index in [4.69, 9.17) is 0 Å². The Hall–Kier alpha value is -1.92. The first-order valence-corrected chi connectivity index (χ1v) is 3.97. The number of nitrogens with zero attached hydrogens (tertiary/aromatic N) is 4. The lowest BCUT2D eigenvalue weighted by atomic mass is 10.6. The predicted octanol–water partition coefficient (Wildman–Crippen LogP) is -0.897. The minimum absolute atomic E-state index is 0.396. The van der Waals surface area contributed by atoms with Gasteiger partial charge >= 0.3 is 11.7 Å². The standard InChI is InChI=1S/C7H10N4O3/c1-3-10-7(13)11(9-8-10)5-4-6(12)14-2/h4-5H,3H2,1-2H3/b5-4-. The molecule has 7 heteroatoms. The van der Waals surface area contributed by atoms with Crippen molar-refractivity contribution < 1.29 is 9.53 Å². The van der Waals surface area contributed by atoms with Crippen LogP contribution >= 0.6 is 0 Å². The van der Waals surface area contributed by atoms with Crippen molar-refractivity contribution in [3.63, 3.8) is 0 Å². The highest BCUT2D eigenvalue weighted by molar-refractivity contribution is 5.84. The summed E-state index contributed by atoms with van der Waals surface area (Å²) in [7, 11) is 1.25. The van der Waals surface area contributed by atoms with Crippen molar-refractivity contribution in [2.24, 2.45) is 0 Å². The number of aromatic nitrogens is 4. The number of methoxy groups -OCH3 is 1. The minimum Gasteiger partial charge on any atom is -0.466 e. The van der Waals surface area contributed by atoms with E-state index in [9.17, 15) is 9.59 Å². The van der Waals surface area contributed by atoms with Crippen LogP contribution in [0, 0.1) is 0 Å². The van der Waals surface area contributed by atoms with Gasteiger partial charge in [0.1, 0.15) is 0 Å². The number of hydrogen-bond acceptors (Lipinski definition) is 5. The van der Waals surface area contributed by atoms with Crippen molar-refractivity contribution in [1.82, 2.24) is 19.8 Å². The molecule has 0 aliphatic heterocycles. The molecule has 1 heterocycles. The molecule has 0 saturated carbocycles.